The fraction of sp³-hybridized carbons (Fsp3) is 0.588. The van der Waals surface area contributed by atoms with Gasteiger partial charge in [-0.2, -0.15) is 0 Å². The number of hydrogen-bond acceptors (Lipinski definition) is 3. The molecule has 0 bridgehead atoms. The average molecular weight is 277 g/mol. The van der Waals surface area contributed by atoms with Gasteiger partial charge in [-0.05, 0) is 37.4 Å². The molecule has 20 heavy (non-hydrogen) atoms. The molecule has 0 aliphatic rings. The Morgan fingerprint density at radius 2 is 1.80 bits per heavy atom. The van der Waals surface area contributed by atoms with Gasteiger partial charge in [-0.25, -0.2) is 0 Å². The maximum absolute atomic E-state index is 11.3. The van der Waals surface area contributed by atoms with Crippen molar-refractivity contribution >= 4 is 5.97 Å². The van der Waals surface area contributed by atoms with Crippen molar-refractivity contribution in [3.8, 4) is 0 Å². The van der Waals surface area contributed by atoms with Crippen LogP contribution in [0.2, 0.25) is 0 Å². The summed E-state index contributed by atoms with van der Waals surface area (Å²) in [6.45, 7) is 6.51. The van der Waals surface area contributed by atoms with Crippen molar-refractivity contribution in [3.63, 3.8) is 0 Å². The number of carbonyl (C=O) groups excluding carboxylic acids is 1. The molecule has 0 saturated carbocycles. The van der Waals surface area contributed by atoms with Gasteiger partial charge in [-0.15, -0.1) is 0 Å². The third kappa shape index (κ3) is 7.29. The van der Waals surface area contributed by atoms with Gasteiger partial charge < -0.3 is 10.1 Å². The molecule has 1 aromatic carbocycles. The van der Waals surface area contributed by atoms with Crippen molar-refractivity contribution in [3.05, 3.63) is 35.4 Å². The first-order valence-corrected chi connectivity index (χ1v) is 7.70. The Labute approximate surface area is 122 Å². The zero-order valence-electron chi connectivity index (χ0n) is 12.8. The molecule has 3 nitrogen and oxygen atoms in total. The molecule has 0 saturated heterocycles. The van der Waals surface area contributed by atoms with Gasteiger partial charge in [0.15, 0.2) is 0 Å². The van der Waals surface area contributed by atoms with Crippen LogP contribution in [0, 0.1) is 0 Å². The van der Waals surface area contributed by atoms with E-state index in [9.17, 15) is 4.79 Å². The topological polar surface area (TPSA) is 38.3 Å². The number of nitrogens with one attached hydrogen (secondary N) is 1. The number of hydrogen-bond donors (Lipinski definition) is 1. The zero-order chi connectivity index (χ0) is 14.6. The summed E-state index contributed by atoms with van der Waals surface area (Å²) in [5.74, 6) is -0.117. The first kappa shape index (κ1) is 16.7. The second-order valence-electron chi connectivity index (χ2n) is 5.01. The Morgan fingerprint density at radius 1 is 1.10 bits per heavy atom. The van der Waals surface area contributed by atoms with Crippen molar-refractivity contribution < 1.29 is 9.53 Å². The van der Waals surface area contributed by atoms with Gasteiger partial charge in [0.25, 0.3) is 0 Å². The summed E-state index contributed by atoms with van der Waals surface area (Å²) in [7, 11) is 0. The summed E-state index contributed by atoms with van der Waals surface area (Å²) < 4.78 is 4.92. The summed E-state index contributed by atoms with van der Waals surface area (Å²) in [6, 6.07) is 8.46. The van der Waals surface area contributed by atoms with Crippen LogP contribution in [0.5, 0.6) is 0 Å². The van der Waals surface area contributed by atoms with E-state index in [0.29, 0.717) is 13.0 Å². The van der Waals surface area contributed by atoms with Crippen LogP contribution in [0.4, 0.5) is 0 Å². The van der Waals surface area contributed by atoms with Crippen LogP contribution in [0.15, 0.2) is 24.3 Å². The molecule has 0 radical (unpaired) electrons. The van der Waals surface area contributed by atoms with E-state index in [0.717, 1.165) is 19.5 Å². The molecule has 0 fully saturated rings. The lowest BCUT2D eigenvalue weighted by molar-refractivity contribution is -0.143. The minimum Gasteiger partial charge on any atom is -0.466 e. The maximum Gasteiger partial charge on any atom is 0.306 e. The van der Waals surface area contributed by atoms with Crippen LogP contribution < -0.4 is 5.32 Å². The third-order valence-corrected chi connectivity index (χ3v) is 3.23. The molecule has 0 aromatic heterocycles. The minimum absolute atomic E-state index is 0.117. The number of esters is 1. The molecule has 0 aliphatic carbocycles. The van der Waals surface area contributed by atoms with E-state index in [-0.39, 0.29) is 5.97 Å². The van der Waals surface area contributed by atoms with Gasteiger partial charge in [0.2, 0.25) is 0 Å². The Bertz CT molecular complexity index is 373. The lowest BCUT2D eigenvalue weighted by atomic mass is 10.1. The number of rotatable bonds is 10. The largest absolute Gasteiger partial charge is 0.466 e. The van der Waals surface area contributed by atoms with E-state index in [1.807, 2.05) is 6.92 Å². The first-order valence-electron chi connectivity index (χ1n) is 7.70. The Kier molecular flexibility index (Phi) is 8.72. The quantitative estimate of drug-likeness (QED) is 0.526. The molecule has 0 heterocycles. The normalized spacial score (nSPS) is 10.5. The molecule has 0 unspecified atom stereocenters. The predicted octanol–water partition coefficient (Wildman–Crippen LogP) is 3.46. The molecule has 0 aliphatic heterocycles. The second kappa shape index (κ2) is 10.4. The standard InChI is InChI=1S/C17H27NO2/c1-3-5-6-13-18-14-16-9-7-15(8-10-16)11-12-17(19)20-4-2/h7-10,18H,3-6,11-14H2,1-2H3. The summed E-state index contributed by atoms with van der Waals surface area (Å²) >= 11 is 0. The van der Waals surface area contributed by atoms with Crippen molar-refractivity contribution in [2.24, 2.45) is 0 Å². The number of benzene rings is 1. The zero-order valence-corrected chi connectivity index (χ0v) is 12.8. The number of unbranched alkanes of at least 4 members (excludes halogenated alkanes) is 2. The van der Waals surface area contributed by atoms with E-state index in [1.165, 1.54) is 30.4 Å². The fourth-order valence-corrected chi connectivity index (χ4v) is 2.04. The first-order chi connectivity index (χ1) is 9.76. The Morgan fingerprint density at radius 3 is 2.45 bits per heavy atom. The van der Waals surface area contributed by atoms with Crippen LogP contribution >= 0.6 is 0 Å². The van der Waals surface area contributed by atoms with Crippen molar-refractivity contribution in [1.29, 1.82) is 0 Å². The molecule has 0 spiro atoms. The lowest BCUT2D eigenvalue weighted by Gasteiger charge is -2.06. The van der Waals surface area contributed by atoms with Gasteiger partial charge >= 0.3 is 5.97 Å². The van der Waals surface area contributed by atoms with E-state index in [2.05, 4.69) is 36.5 Å². The van der Waals surface area contributed by atoms with Crippen LogP contribution in [0.1, 0.15) is 50.7 Å². The van der Waals surface area contributed by atoms with Crippen LogP contribution in [0.25, 0.3) is 0 Å². The molecule has 0 atom stereocenters. The van der Waals surface area contributed by atoms with Crippen molar-refractivity contribution in [2.75, 3.05) is 13.2 Å². The average Bonchev–Trinajstić information content (AvgIpc) is 2.46. The van der Waals surface area contributed by atoms with Crippen LogP contribution in [0.3, 0.4) is 0 Å². The number of carbonyl (C=O) groups is 1. The highest BCUT2D eigenvalue weighted by atomic mass is 16.5. The molecule has 112 valence electrons. The lowest BCUT2D eigenvalue weighted by Crippen LogP contribution is -2.14. The van der Waals surface area contributed by atoms with E-state index in [4.69, 9.17) is 4.74 Å². The molecule has 0 amide bonds. The summed E-state index contributed by atoms with van der Waals surface area (Å²) in [5.41, 5.74) is 2.48. The van der Waals surface area contributed by atoms with E-state index in [1.54, 1.807) is 0 Å². The third-order valence-electron chi connectivity index (χ3n) is 3.23. The van der Waals surface area contributed by atoms with Crippen LogP contribution in [-0.2, 0) is 22.5 Å². The van der Waals surface area contributed by atoms with Gasteiger partial charge in [0, 0.05) is 13.0 Å². The van der Waals surface area contributed by atoms with Gasteiger partial charge in [0.05, 0.1) is 6.61 Å². The summed E-state index contributed by atoms with van der Waals surface area (Å²) in [6.07, 6.45) is 5.01. The van der Waals surface area contributed by atoms with E-state index < -0.39 is 0 Å². The van der Waals surface area contributed by atoms with Gasteiger partial charge in [-0.3, -0.25) is 4.79 Å². The maximum atomic E-state index is 11.3. The Balaban J connectivity index is 2.24. The highest BCUT2D eigenvalue weighted by Crippen LogP contribution is 2.07. The molecular formula is C17H27NO2. The number of ether oxygens (including phenoxy) is 1. The van der Waals surface area contributed by atoms with Crippen molar-refractivity contribution in [1.82, 2.24) is 5.32 Å². The molecular weight excluding hydrogens is 250 g/mol. The summed E-state index contributed by atoms with van der Waals surface area (Å²) in [5, 5.41) is 3.45. The smallest absolute Gasteiger partial charge is 0.306 e. The van der Waals surface area contributed by atoms with Gasteiger partial charge in [0.1, 0.15) is 0 Å². The number of aryl methyl sites for hydroxylation is 1. The van der Waals surface area contributed by atoms with Crippen molar-refractivity contribution in [2.45, 2.75) is 52.5 Å². The monoisotopic (exact) mass is 277 g/mol. The SMILES string of the molecule is CCCCCNCc1ccc(CCC(=O)OCC)cc1. The molecule has 1 aromatic rings. The van der Waals surface area contributed by atoms with Crippen LogP contribution in [-0.4, -0.2) is 19.1 Å². The molecule has 3 heteroatoms. The molecule has 1 N–H and O–H groups in total. The molecule has 1 rings (SSSR count). The van der Waals surface area contributed by atoms with Gasteiger partial charge in [-0.1, -0.05) is 44.0 Å². The van der Waals surface area contributed by atoms with E-state index >= 15 is 0 Å². The predicted molar refractivity (Wildman–Crippen MR) is 82.6 cm³/mol. The fourth-order valence-electron chi connectivity index (χ4n) is 2.04. The highest BCUT2D eigenvalue weighted by molar-refractivity contribution is 5.69. The highest BCUT2D eigenvalue weighted by Gasteiger charge is 2.02. The summed E-state index contributed by atoms with van der Waals surface area (Å²) in [4.78, 5) is 11.3. The second-order valence-corrected chi connectivity index (χ2v) is 5.01. The minimum atomic E-state index is -0.117. The Hall–Kier alpha value is -1.35.